The number of anilines is 2. The van der Waals surface area contributed by atoms with Crippen molar-refractivity contribution >= 4 is 29.2 Å². The molecule has 0 saturated carbocycles. The molecule has 0 radical (unpaired) electrons. The first kappa shape index (κ1) is 22.5. The van der Waals surface area contributed by atoms with E-state index < -0.39 is 23.4 Å². The second-order valence-corrected chi connectivity index (χ2v) is 7.68. The first-order valence-corrected chi connectivity index (χ1v) is 8.91. The van der Waals surface area contributed by atoms with Crippen LogP contribution in [0.3, 0.4) is 0 Å². The van der Waals surface area contributed by atoms with E-state index in [2.05, 4.69) is 4.98 Å². The van der Waals surface area contributed by atoms with Gasteiger partial charge in [0.1, 0.15) is 17.2 Å². The highest BCUT2D eigenvalue weighted by Gasteiger charge is 2.33. The Bertz CT molecular complexity index is 975. The van der Waals surface area contributed by atoms with E-state index in [1.807, 2.05) is 6.07 Å². The number of aryl methyl sites for hydroxylation is 1. The fraction of sp³-hybridized carbons (Fsp3) is 0.350. The molecule has 2 aromatic rings. The zero-order valence-corrected chi connectivity index (χ0v) is 17.2. The molecular weight excluding hydrogens is 407 g/mol. The van der Waals surface area contributed by atoms with Gasteiger partial charge in [0.15, 0.2) is 5.82 Å². The van der Waals surface area contributed by atoms with E-state index in [0.29, 0.717) is 11.3 Å². The summed E-state index contributed by atoms with van der Waals surface area (Å²) < 4.78 is 44.1. The number of aromatic nitrogens is 1. The molecule has 5 nitrogen and oxygen atoms in total. The third-order valence-electron chi connectivity index (χ3n) is 3.94. The van der Waals surface area contributed by atoms with Crippen molar-refractivity contribution in [3.8, 4) is 6.07 Å². The van der Waals surface area contributed by atoms with Crippen molar-refractivity contribution < 1.29 is 22.7 Å². The number of pyridine rings is 1. The van der Waals surface area contributed by atoms with Crippen LogP contribution in [0.4, 0.5) is 29.5 Å². The SMILES string of the molecule is Cc1nc(N(C(=O)OC(C)(C)C)c2ccc(C(F)(F)F)cc2)c(C#N)c(Cl)c1C. The molecule has 1 amide bonds. The molecule has 154 valence electrons. The van der Waals surface area contributed by atoms with Crippen molar-refractivity contribution in [3.05, 3.63) is 51.7 Å². The number of amides is 1. The van der Waals surface area contributed by atoms with Gasteiger partial charge < -0.3 is 4.74 Å². The van der Waals surface area contributed by atoms with Crippen LogP contribution in [-0.4, -0.2) is 16.7 Å². The van der Waals surface area contributed by atoms with E-state index in [9.17, 15) is 23.2 Å². The highest BCUT2D eigenvalue weighted by Crippen LogP contribution is 2.36. The number of rotatable bonds is 2. The summed E-state index contributed by atoms with van der Waals surface area (Å²) >= 11 is 6.27. The highest BCUT2D eigenvalue weighted by atomic mass is 35.5. The van der Waals surface area contributed by atoms with Crippen LogP contribution in [-0.2, 0) is 10.9 Å². The lowest BCUT2D eigenvalue weighted by Gasteiger charge is -2.28. The second kappa shape index (κ2) is 7.91. The summed E-state index contributed by atoms with van der Waals surface area (Å²) in [5.74, 6) is -0.116. The fourth-order valence-electron chi connectivity index (χ4n) is 2.43. The molecule has 1 aromatic heterocycles. The minimum atomic E-state index is -4.53. The largest absolute Gasteiger partial charge is 0.443 e. The molecule has 0 aliphatic carbocycles. The molecular formula is C20H19ClF3N3O2. The topological polar surface area (TPSA) is 66.2 Å². The van der Waals surface area contributed by atoms with Gasteiger partial charge in [0.25, 0.3) is 0 Å². The van der Waals surface area contributed by atoms with E-state index in [1.165, 1.54) is 0 Å². The van der Waals surface area contributed by atoms with E-state index >= 15 is 0 Å². The van der Waals surface area contributed by atoms with E-state index in [4.69, 9.17) is 16.3 Å². The van der Waals surface area contributed by atoms with Crippen molar-refractivity contribution in [2.24, 2.45) is 0 Å². The Kier molecular flexibility index (Phi) is 6.14. The summed E-state index contributed by atoms with van der Waals surface area (Å²) in [5.41, 5.74) is -0.779. The smallest absolute Gasteiger partial charge is 0.420 e. The zero-order chi connectivity index (χ0) is 22.1. The van der Waals surface area contributed by atoms with Crippen LogP contribution in [0.2, 0.25) is 5.02 Å². The molecule has 0 unspecified atom stereocenters. The Hall–Kier alpha value is -2.79. The lowest BCUT2D eigenvalue weighted by molar-refractivity contribution is -0.137. The van der Waals surface area contributed by atoms with Gasteiger partial charge in [-0.3, -0.25) is 0 Å². The maximum atomic E-state index is 12.9. The standard InChI is InChI=1S/C20H19ClF3N3O2/c1-11-12(2)26-17(15(10-25)16(11)21)27(18(28)29-19(3,4)5)14-8-6-13(7-9-14)20(22,23)24/h6-9H,1-5H3. The number of carbonyl (C=O) groups is 1. The predicted octanol–water partition coefficient (Wildman–Crippen LogP) is 6.32. The Morgan fingerprint density at radius 3 is 2.17 bits per heavy atom. The third kappa shape index (κ3) is 4.98. The molecule has 29 heavy (non-hydrogen) atoms. The van der Waals surface area contributed by atoms with Crippen molar-refractivity contribution in [3.63, 3.8) is 0 Å². The molecule has 0 aliphatic heterocycles. The molecule has 9 heteroatoms. The Labute approximate surface area is 171 Å². The molecule has 0 bridgehead atoms. The number of hydrogen-bond acceptors (Lipinski definition) is 4. The molecule has 1 aromatic carbocycles. The number of alkyl halides is 3. The van der Waals surface area contributed by atoms with Gasteiger partial charge in [-0.05, 0) is 64.4 Å². The molecule has 0 fully saturated rings. The van der Waals surface area contributed by atoms with Gasteiger partial charge in [0.05, 0.1) is 16.3 Å². The first-order valence-electron chi connectivity index (χ1n) is 8.53. The van der Waals surface area contributed by atoms with Crippen molar-refractivity contribution in [1.82, 2.24) is 4.98 Å². The first-order chi connectivity index (χ1) is 13.3. The van der Waals surface area contributed by atoms with Gasteiger partial charge in [-0.15, -0.1) is 0 Å². The minimum absolute atomic E-state index is 0.0515. The van der Waals surface area contributed by atoms with Crippen LogP contribution in [0.25, 0.3) is 0 Å². The van der Waals surface area contributed by atoms with E-state index in [0.717, 1.165) is 29.2 Å². The lowest BCUT2D eigenvalue weighted by Crippen LogP contribution is -2.35. The molecule has 0 saturated heterocycles. The van der Waals surface area contributed by atoms with Crippen LogP contribution < -0.4 is 4.90 Å². The van der Waals surface area contributed by atoms with Crippen molar-refractivity contribution in [2.45, 2.75) is 46.4 Å². The number of benzene rings is 1. The van der Waals surface area contributed by atoms with Gasteiger partial charge in [0, 0.05) is 5.69 Å². The van der Waals surface area contributed by atoms with Crippen LogP contribution in [0.5, 0.6) is 0 Å². The number of halogens is 4. The zero-order valence-electron chi connectivity index (χ0n) is 16.5. The minimum Gasteiger partial charge on any atom is -0.443 e. The monoisotopic (exact) mass is 425 g/mol. The summed E-state index contributed by atoms with van der Waals surface area (Å²) in [4.78, 5) is 18.2. The van der Waals surface area contributed by atoms with Crippen LogP contribution in [0, 0.1) is 25.2 Å². The number of nitriles is 1. The number of nitrogens with zero attached hydrogens (tertiary/aromatic N) is 3. The van der Waals surface area contributed by atoms with Gasteiger partial charge in [-0.25, -0.2) is 14.7 Å². The Morgan fingerprint density at radius 1 is 1.17 bits per heavy atom. The summed E-state index contributed by atoms with van der Waals surface area (Å²) in [6.45, 7) is 8.24. The maximum absolute atomic E-state index is 12.9. The molecule has 0 N–H and O–H groups in total. The molecule has 1 heterocycles. The summed E-state index contributed by atoms with van der Waals surface area (Å²) in [5, 5.41) is 9.68. The molecule has 0 spiro atoms. The summed E-state index contributed by atoms with van der Waals surface area (Å²) in [6, 6.07) is 5.80. The highest BCUT2D eigenvalue weighted by molar-refractivity contribution is 6.33. The van der Waals surface area contributed by atoms with Crippen LogP contribution >= 0.6 is 11.6 Å². The van der Waals surface area contributed by atoms with Crippen molar-refractivity contribution in [2.75, 3.05) is 4.90 Å². The summed E-state index contributed by atoms with van der Waals surface area (Å²) in [6.07, 6.45) is -5.43. The number of hydrogen-bond donors (Lipinski definition) is 0. The Morgan fingerprint density at radius 2 is 1.72 bits per heavy atom. The second-order valence-electron chi connectivity index (χ2n) is 7.31. The maximum Gasteiger partial charge on any atom is 0.420 e. The van der Waals surface area contributed by atoms with Gasteiger partial charge >= 0.3 is 12.3 Å². The average Bonchev–Trinajstić information content (AvgIpc) is 2.58. The summed E-state index contributed by atoms with van der Waals surface area (Å²) in [7, 11) is 0. The van der Waals surface area contributed by atoms with Gasteiger partial charge in [-0.2, -0.15) is 18.4 Å². The third-order valence-corrected chi connectivity index (χ3v) is 4.41. The van der Waals surface area contributed by atoms with Gasteiger partial charge in [0.2, 0.25) is 0 Å². The molecule has 0 aliphatic rings. The average molecular weight is 426 g/mol. The molecule has 2 rings (SSSR count). The van der Waals surface area contributed by atoms with E-state index in [-0.39, 0.29) is 22.1 Å². The van der Waals surface area contributed by atoms with E-state index in [1.54, 1.807) is 34.6 Å². The predicted molar refractivity (Wildman–Crippen MR) is 103 cm³/mol. The normalized spacial score (nSPS) is 11.7. The van der Waals surface area contributed by atoms with Crippen LogP contribution in [0.1, 0.15) is 43.2 Å². The van der Waals surface area contributed by atoms with Crippen molar-refractivity contribution in [1.29, 1.82) is 5.26 Å². The fourth-order valence-corrected chi connectivity index (χ4v) is 2.69. The lowest BCUT2D eigenvalue weighted by atomic mass is 10.1. The molecule has 0 atom stereocenters. The number of ether oxygens (including phenoxy) is 1. The van der Waals surface area contributed by atoms with Crippen LogP contribution in [0.15, 0.2) is 24.3 Å². The quantitative estimate of drug-likeness (QED) is 0.565. The Balaban J connectivity index is 2.71. The number of carbonyl (C=O) groups excluding carboxylic acids is 1. The van der Waals surface area contributed by atoms with Gasteiger partial charge in [-0.1, -0.05) is 11.6 Å².